The molecule has 1 fully saturated rings. The third-order valence-electron chi connectivity index (χ3n) is 4.91. The minimum Gasteiger partial charge on any atom is -0.419 e. The monoisotopic (exact) mass is 286 g/mol. The highest BCUT2D eigenvalue weighted by Gasteiger charge is 2.55. The van der Waals surface area contributed by atoms with Gasteiger partial charge in [0.25, 0.3) is 0 Å². The van der Waals surface area contributed by atoms with Gasteiger partial charge >= 0.3 is 0 Å². The Morgan fingerprint density at radius 3 is 1.72 bits per heavy atom. The first kappa shape index (κ1) is 16.4. The van der Waals surface area contributed by atoms with Crippen molar-refractivity contribution >= 4 is 15.4 Å². The van der Waals surface area contributed by atoms with Gasteiger partial charge in [0.1, 0.15) is 0 Å². The molecule has 0 radical (unpaired) electrons. The van der Waals surface area contributed by atoms with Crippen LogP contribution in [0.1, 0.15) is 59.8 Å². The van der Waals surface area contributed by atoms with Gasteiger partial charge in [-0.25, -0.2) is 0 Å². The van der Waals surface area contributed by atoms with Crippen molar-refractivity contribution in [1.82, 2.24) is 0 Å². The Labute approximate surface area is 117 Å². The van der Waals surface area contributed by atoms with Crippen LogP contribution in [0.25, 0.3) is 0 Å². The smallest absolute Gasteiger partial charge is 0.180 e. The average Bonchev–Trinajstić information content (AvgIpc) is 2.34. The van der Waals surface area contributed by atoms with E-state index in [1.54, 1.807) is 18.1 Å². The second-order valence-electron chi connectivity index (χ2n) is 6.23. The second kappa shape index (κ2) is 7.86. The van der Waals surface area contributed by atoms with E-state index in [1.165, 1.54) is 44.2 Å². The molecule has 0 aliphatic carbocycles. The summed E-state index contributed by atoms with van der Waals surface area (Å²) in [5.41, 5.74) is 0. The van der Waals surface area contributed by atoms with Gasteiger partial charge in [0.2, 0.25) is 0 Å². The van der Waals surface area contributed by atoms with E-state index in [1.807, 2.05) is 0 Å². The molecule has 3 heteroatoms. The van der Waals surface area contributed by atoms with Crippen LogP contribution in [0.15, 0.2) is 0 Å². The van der Waals surface area contributed by atoms with Crippen molar-refractivity contribution in [2.45, 2.75) is 90.0 Å². The number of hydrogen-bond acceptors (Lipinski definition) is 1. The lowest BCUT2D eigenvalue weighted by Gasteiger charge is -2.51. The van der Waals surface area contributed by atoms with Gasteiger partial charge in [-0.15, -0.1) is 0 Å². The molecule has 0 unspecified atom stereocenters. The van der Waals surface area contributed by atoms with Crippen LogP contribution in [0.4, 0.5) is 0 Å². The molecule has 0 bridgehead atoms. The molecular formula is C15H34OSi2. The molecule has 18 heavy (non-hydrogen) atoms. The first-order chi connectivity index (χ1) is 8.70. The highest BCUT2D eigenvalue weighted by Crippen LogP contribution is 2.44. The van der Waals surface area contributed by atoms with E-state index < -0.39 is 15.4 Å². The minimum atomic E-state index is -1.37. The summed E-state index contributed by atoms with van der Waals surface area (Å²) in [4.78, 5) is 0. The fraction of sp³-hybridized carbons (Fsp3) is 1.00. The predicted octanol–water partition coefficient (Wildman–Crippen LogP) is 5.52. The predicted molar refractivity (Wildman–Crippen MR) is 87.3 cm³/mol. The molecule has 1 nitrogen and oxygen atoms in total. The van der Waals surface area contributed by atoms with Gasteiger partial charge < -0.3 is 4.43 Å². The second-order valence-corrected chi connectivity index (χ2v) is 19.5. The summed E-state index contributed by atoms with van der Waals surface area (Å²) in [5.74, 6) is 0. The van der Waals surface area contributed by atoms with Crippen LogP contribution in [0, 0.1) is 0 Å². The lowest BCUT2D eigenvalue weighted by Crippen LogP contribution is -2.66. The molecule has 0 saturated carbocycles. The van der Waals surface area contributed by atoms with E-state index >= 15 is 0 Å². The molecule has 1 saturated heterocycles. The van der Waals surface area contributed by atoms with Gasteiger partial charge in [0.15, 0.2) is 7.83 Å². The minimum absolute atomic E-state index is 1.09. The van der Waals surface area contributed by atoms with Crippen molar-refractivity contribution in [3.8, 4) is 0 Å². The van der Waals surface area contributed by atoms with E-state index in [2.05, 4.69) is 27.7 Å². The Balaban J connectivity index is 3.02. The van der Waals surface area contributed by atoms with Crippen LogP contribution in [0.2, 0.25) is 30.2 Å². The summed E-state index contributed by atoms with van der Waals surface area (Å²) in [7, 11) is -2.45. The highest BCUT2D eigenvalue weighted by atomic mass is 29.3. The molecule has 0 atom stereocenters. The Morgan fingerprint density at radius 2 is 1.28 bits per heavy atom. The summed E-state index contributed by atoms with van der Waals surface area (Å²) in [6.45, 7) is 10.6. The fourth-order valence-corrected chi connectivity index (χ4v) is 25.4. The highest BCUT2D eigenvalue weighted by molar-refractivity contribution is 7.40. The van der Waals surface area contributed by atoms with Gasteiger partial charge in [0, 0.05) is 6.61 Å². The Hall–Kier alpha value is 0.394. The standard InChI is InChI=1S/C15H34OSi2/c1-5-11-17(12-6-2)15-9-10-16-18(17,13-7-3)14-8-4/h5-15H2,1-4H3. The third kappa shape index (κ3) is 3.28. The summed E-state index contributed by atoms with van der Waals surface area (Å²) in [6, 6.07) is 7.65. The van der Waals surface area contributed by atoms with Crippen LogP contribution < -0.4 is 0 Å². The fourth-order valence-electron chi connectivity index (χ4n) is 4.45. The molecular weight excluding hydrogens is 252 g/mol. The quantitative estimate of drug-likeness (QED) is 0.534. The maximum atomic E-state index is 6.67. The van der Waals surface area contributed by atoms with Gasteiger partial charge in [0.05, 0.1) is 7.59 Å². The zero-order valence-corrected chi connectivity index (χ0v) is 15.2. The van der Waals surface area contributed by atoms with Crippen LogP contribution >= 0.6 is 0 Å². The van der Waals surface area contributed by atoms with Crippen molar-refractivity contribution in [2.75, 3.05) is 6.61 Å². The molecule has 0 aromatic rings. The van der Waals surface area contributed by atoms with Gasteiger partial charge in [-0.05, 0) is 18.5 Å². The molecule has 0 aromatic heterocycles. The van der Waals surface area contributed by atoms with Crippen LogP contribution in [-0.2, 0) is 4.43 Å². The maximum Gasteiger partial charge on any atom is 0.180 e. The molecule has 0 spiro atoms. The van der Waals surface area contributed by atoms with Gasteiger partial charge in [-0.3, -0.25) is 0 Å². The SMILES string of the molecule is CCC[Si]1(CCC)CCCO[Si]1(CCC)CCC. The topological polar surface area (TPSA) is 9.23 Å². The largest absolute Gasteiger partial charge is 0.419 e. The Kier molecular flexibility index (Phi) is 7.18. The molecule has 1 heterocycles. The normalized spacial score (nSPS) is 22.0. The van der Waals surface area contributed by atoms with E-state index in [0.717, 1.165) is 6.61 Å². The van der Waals surface area contributed by atoms with E-state index in [0.29, 0.717) is 0 Å². The summed E-state index contributed by atoms with van der Waals surface area (Å²) in [6.07, 6.45) is 6.88. The van der Waals surface area contributed by atoms with Crippen LogP contribution in [0.3, 0.4) is 0 Å². The first-order valence-electron chi connectivity index (χ1n) is 8.34. The molecule has 108 valence electrons. The average molecular weight is 287 g/mol. The van der Waals surface area contributed by atoms with Crippen LogP contribution in [-0.4, -0.2) is 22.0 Å². The summed E-state index contributed by atoms with van der Waals surface area (Å²) < 4.78 is 6.67. The summed E-state index contributed by atoms with van der Waals surface area (Å²) in [5, 5.41) is 0. The molecule has 0 amide bonds. The van der Waals surface area contributed by atoms with E-state index in [-0.39, 0.29) is 0 Å². The molecule has 0 N–H and O–H groups in total. The Bertz CT molecular complexity index is 184. The molecule has 0 aromatic carbocycles. The third-order valence-corrected chi connectivity index (χ3v) is 24.4. The van der Waals surface area contributed by atoms with E-state index in [4.69, 9.17) is 4.43 Å². The van der Waals surface area contributed by atoms with Crippen molar-refractivity contribution in [1.29, 1.82) is 0 Å². The summed E-state index contributed by atoms with van der Waals surface area (Å²) >= 11 is 0. The Morgan fingerprint density at radius 1 is 0.778 bits per heavy atom. The number of hydrogen-bond donors (Lipinski definition) is 0. The van der Waals surface area contributed by atoms with Crippen molar-refractivity contribution < 1.29 is 4.43 Å². The van der Waals surface area contributed by atoms with Crippen molar-refractivity contribution in [3.05, 3.63) is 0 Å². The first-order valence-corrected chi connectivity index (χ1v) is 14.3. The van der Waals surface area contributed by atoms with Crippen molar-refractivity contribution in [3.63, 3.8) is 0 Å². The van der Waals surface area contributed by atoms with Crippen LogP contribution in [0.5, 0.6) is 0 Å². The lowest BCUT2D eigenvalue weighted by molar-refractivity contribution is 0.296. The van der Waals surface area contributed by atoms with Gasteiger partial charge in [-0.2, -0.15) is 0 Å². The zero-order chi connectivity index (χ0) is 13.5. The molecule has 1 aliphatic heterocycles. The van der Waals surface area contributed by atoms with E-state index in [9.17, 15) is 0 Å². The maximum absolute atomic E-state index is 6.67. The lowest BCUT2D eigenvalue weighted by atomic mass is 10.5. The molecule has 1 rings (SSSR count). The molecule has 1 aliphatic rings. The zero-order valence-electron chi connectivity index (χ0n) is 13.2. The van der Waals surface area contributed by atoms with Gasteiger partial charge in [-0.1, -0.05) is 71.5 Å². The van der Waals surface area contributed by atoms with Crippen molar-refractivity contribution in [2.24, 2.45) is 0 Å². The number of rotatable bonds is 8.